The molecule has 18 heavy (non-hydrogen) atoms. The topological polar surface area (TPSA) is 76.7 Å². The van der Waals surface area contributed by atoms with Crippen LogP contribution in [-0.4, -0.2) is 38.5 Å². The van der Waals surface area contributed by atoms with Crippen molar-refractivity contribution in [3.63, 3.8) is 0 Å². The largest absolute Gasteiger partial charge is 0.450 e. The van der Waals surface area contributed by atoms with Crippen molar-refractivity contribution in [2.24, 2.45) is 0 Å². The second-order valence-electron chi connectivity index (χ2n) is 3.83. The molecular weight excluding hydrogens is 236 g/mol. The quantitative estimate of drug-likeness (QED) is 0.622. The Morgan fingerprint density at radius 1 is 0.833 bits per heavy atom. The van der Waals surface area contributed by atoms with Crippen LogP contribution < -0.4 is 10.6 Å². The number of alkyl carbamates (subject to hydrolysis) is 2. The summed E-state index contributed by atoms with van der Waals surface area (Å²) in [6, 6.07) is 0. The van der Waals surface area contributed by atoms with E-state index in [-0.39, 0.29) is 12.2 Å². The Bertz CT molecular complexity index is 210. The van der Waals surface area contributed by atoms with Gasteiger partial charge in [-0.2, -0.15) is 0 Å². The number of nitrogens with one attached hydrogen (secondary N) is 2. The SMILES string of the molecule is CCCOC(=O)NCCCCNC(=O)OCCC. The van der Waals surface area contributed by atoms with Crippen molar-refractivity contribution in [3.8, 4) is 0 Å². The lowest BCUT2D eigenvalue weighted by molar-refractivity contribution is 0.144. The first kappa shape index (κ1) is 16.5. The molecule has 0 fully saturated rings. The molecular formula is C12H24N2O4. The zero-order valence-electron chi connectivity index (χ0n) is 11.3. The van der Waals surface area contributed by atoms with Gasteiger partial charge in [-0.05, 0) is 25.7 Å². The number of rotatable bonds is 9. The normalized spacial score (nSPS) is 9.67. The number of carbonyl (C=O) groups is 2. The molecule has 0 aromatic rings. The van der Waals surface area contributed by atoms with E-state index in [1.807, 2.05) is 13.8 Å². The zero-order chi connectivity index (χ0) is 13.6. The molecule has 0 aromatic heterocycles. The molecule has 0 saturated heterocycles. The van der Waals surface area contributed by atoms with Gasteiger partial charge >= 0.3 is 12.2 Å². The van der Waals surface area contributed by atoms with Gasteiger partial charge in [0.05, 0.1) is 13.2 Å². The predicted molar refractivity (Wildman–Crippen MR) is 68.5 cm³/mol. The number of amides is 2. The minimum absolute atomic E-state index is 0.382. The van der Waals surface area contributed by atoms with Crippen molar-refractivity contribution in [1.82, 2.24) is 10.6 Å². The summed E-state index contributed by atoms with van der Waals surface area (Å²) in [5.41, 5.74) is 0. The fraction of sp³-hybridized carbons (Fsp3) is 0.833. The van der Waals surface area contributed by atoms with Crippen molar-refractivity contribution in [1.29, 1.82) is 0 Å². The molecule has 0 aliphatic carbocycles. The maximum absolute atomic E-state index is 11.0. The predicted octanol–water partition coefficient (Wildman–Crippen LogP) is 2.04. The number of carbonyl (C=O) groups excluding carboxylic acids is 2. The van der Waals surface area contributed by atoms with E-state index >= 15 is 0 Å². The number of hydrogen-bond acceptors (Lipinski definition) is 4. The van der Waals surface area contributed by atoms with Crippen LogP contribution in [0.2, 0.25) is 0 Å². The number of ether oxygens (including phenoxy) is 2. The summed E-state index contributed by atoms with van der Waals surface area (Å²) < 4.78 is 9.68. The van der Waals surface area contributed by atoms with Gasteiger partial charge < -0.3 is 20.1 Å². The minimum Gasteiger partial charge on any atom is -0.450 e. The Morgan fingerprint density at radius 2 is 1.22 bits per heavy atom. The van der Waals surface area contributed by atoms with E-state index < -0.39 is 0 Å². The third-order valence-corrected chi connectivity index (χ3v) is 2.02. The van der Waals surface area contributed by atoms with Crippen LogP contribution >= 0.6 is 0 Å². The minimum atomic E-state index is -0.382. The molecule has 0 spiro atoms. The molecule has 6 heteroatoms. The molecule has 106 valence electrons. The fourth-order valence-corrected chi connectivity index (χ4v) is 1.12. The van der Waals surface area contributed by atoms with E-state index in [0.717, 1.165) is 25.7 Å². The van der Waals surface area contributed by atoms with Crippen molar-refractivity contribution in [2.75, 3.05) is 26.3 Å². The average molecular weight is 260 g/mol. The van der Waals surface area contributed by atoms with Gasteiger partial charge in [0.1, 0.15) is 0 Å². The highest BCUT2D eigenvalue weighted by atomic mass is 16.6. The van der Waals surface area contributed by atoms with Gasteiger partial charge in [0.15, 0.2) is 0 Å². The van der Waals surface area contributed by atoms with Gasteiger partial charge in [-0.15, -0.1) is 0 Å². The molecule has 2 amide bonds. The Morgan fingerprint density at radius 3 is 1.56 bits per heavy atom. The van der Waals surface area contributed by atoms with Crippen LogP contribution in [0.25, 0.3) is 0 Å². The van der Waals surface area contributed by atoms with Crippen molar-refractivity contribution in [3.05, 3.63) is 0 Å². The molecule has 0 saturated carbocycles. The van der Waals surface area contributed by atoms with Crippen LogP contribution in [0.4, 0.5) is 9.59 Å². The maximum Gasteiger partial charge on any atom is 0.407 e. The van der Waals surface area contributed by atoms with E-state index in [1.54, 1.807) is 0 Å². The molecule has 0 heterocycles. The van der Waals surface area contributed by atoms with Crippen LogP contribution in [-0.2, 0) is 9.47 Å². The lowest BCUT2D eigenvalue weighted by Crippen LogP contribution is -2.28. The molecule has 0 bridgehead atoms. The molecule has 0 atom stereocenters. The standard InChI is InChI=1S/C12H24N2O4/c1-3-9-17-11(15)13-7-5-6-8-14-12(16)18-10-4-2/h3-10H2,1-2H3,(H,13,15)(H,14,16). The molecule has 0 aliphatic rings. The van der Waals surface area contributed by atoms with Crippen molar-refractivity contribution < 1.29 is 19.1 Å². The Labute approximate surface area is 108 Å². The first-order chi connectivity index (χ1) is 8.70. The first-order valence-electron chi connectivity index (χ1n) is 6.52. The Balaban J connectivity index is 3.25. The maximum atomic E-state index is 11.0. The van der Waals surface area contributed by atoms with Gasteiger partial charge in [-0.3, -0.25) is 0 Å². The van der Waals surface area contributed by atoms with E-state index in [1.165, 1.54) is 0 Å². The molecule has 0 unspecified atom stereocenters. The highest BCUT2D eigenvalue weighted by Gasteiger charge is 2.01. The van der Waals surface area contributed by atoms with Gasteiger partial charge in [-0.25, -0.2) is 9.59 Å². The summed E-state index contributed by atoms with van der Waals surface area (Å²) in [6.45, 7) is 5.86. The smallest absolute Gasteiger partial charge is 0.407 e. The zero-order valence-corrected chi connectivity index (χ0v) is 11.3. The highest BCUT2D eigenvalue weighted by molar-refractivity contribution is 5.67. The molecule has 2 N–H and O–H groups in total. The fourth-order valence-electron chi connectivity index (χ4n) is 1.12. The van der Waals surface area contributed by atoms with Gasteiger partial charge in [0, 0.05) is 13.1 Å². The van der Waals surface area contributed by atoms with Crippen LogP contribution in [0, 0.1) is 0 Å². The lowest BCUT2D eigenvalue weighted by Gasteiger charge is -2.07. The summed E-state index contributed by atoms with van der Waals surface area (Å²) in [5.74, 6) is 0. The lowest BCUT2D eigenvalue weighted by atomic mass is 10.3. The molecule has 0 aliphatic heterocycles. The van der Waals surface area contributed by atoms with Gasteiger partial charge in [0.2, 0.25) is 0 Å². The molecule has 0 radical (unpaired) electrons. The van der Waals surface area contributed by atoms with E-state index in [4.69, 9.17) is 9.47 Å². The Kier molecular flexibility index (Phi) is 11.0. The van der Waals surface area contributed by atoms with Crippen molar-refractivity contribution in [2.45, 2.75) is 39.5 Å². The van der Waals surface area contributed by atoms with Crippen LogP contribution in [0.1, 0.15) is 39.5 Å². The summed E-state index contributed by atoms with van der Waals surface area (Å²) >= 11 is 0. The second-order valence-corrected chi connectivity index (χ2v) is 3.83. The van der Waals surface area contributed by atoms with Crippen LogP contribution in [0.15, 0.2) is 0 Å². The molecule has 6 nitrogen and oxygen atoms in total. The molecule has 0 aromatic carbocycles. The summed E-state index contributed by atoms with van der Waals surface area (Å²) in [6.07, 6.45) is 2.44. The number of hydrogen-bond donors (Lipinski definition) is 2. The van der Waals surface area contributed by atoms with E-state index in [9.17, 15) is 9.59 Å². The number of unbranched alkanes of at least 4 members (excludes halogenated alkanes) is 1. The van der Waals surface area contributed by atoms with Crippen LogP contribution in [0.3, 0.4) is 0 Å². The third kappa shape index (κ3) is 11.0. The molecule has 0 rings (SSSR count). The van der Waals surface area contributed by atoms with Crippen molar-refractivity contribution >= 4 is 12.2 Å². The Hall–Kier alpha value is -1.46. The summed E-state index contributed by atoms with van der Waals surface area (Å²) in [7, 11) is 0. The van der Waals surface area contributed by atoms with E-state index in [0.29, 0.717) is 26.3 Å². The van der Waals surface area contributed by atoms with Crippen LogP contribution in [0.5, 0.6) is 0 Å². The summed E-state index contributed by atoms with van der Waals surface area (Å²) in [5, 5.41) is 5.27. The summed E-state index contributed by atoms with van der Waals surface area (Å²) in [4.78, 5) is 22.1. The first-order valence-corrected chi connectivity index (χ1v) is 6.52. The van der Waals surface area contributed by atoms with Gasteiger partial charge in [-0.1, -0.05) is 13.8 Å². The highest BCUT2D eigenvalue weighted by Crippen LogP contribution is 1.88. The average Bonchev–Trinajstić information content (AvgIpc) is 2.37. The van der Waals surface area contributed by atoms with Gasteiger partial charge in [0.25, 0.3) is 0 Å². The third-order valence-electron chi connectivity index (χ3n) is 2.02. The monoisotopic (exact) mass is 260 g/mol. The second kappa shape index (κ2) is 12.0. The van der Waals surface area contributed by atoms with E-state index in [2.05, 4.69) is 10.6 Å².